The molecule has 0 aromatic carbocycles. The topological polar surface area (TPSA) is 88.0 Å². The van der Waals surface area contributed by atoms with E-state index in [9.17, 15) is 9.59 Å². The fourth-order valence-electron chi connectivity index (χ4n) is 2.02. The number of H-pyrrole nitrogens is 1. The maximum atomic E-state index is 11.8. The molecule has 6 nitrogen and oxygen atoms in total. The van der Waals surface area contributed by atoms with Gasteiger partial charge in [-0.3, -0.25) is 9.36 Å². The zero-order chi connectivity index (χ0) is 14.3. The summed E-state index contributed by atoms with van der Waals surface area (Å²) in [5.74, 6) is -0.996. The summed E-state index contributed by atoms with van der Waals surface area (Å²) in [5, 5.41) is 15.5. The number of nitrogens with one attached hydrogen (secondary N) is 1. The summed E-state index contributed by atoms with van der Waals surface area (Å²) < 4.78 is 1.62. The monoisotopic (exact) mass is 287 g/mol. The fourth-order valence-corrected chi connectivity index (χ4v) is 2.75. The molecule has 1 unspecified atom stereocenters. The van der Waals surface area contributed by atoms with Crippen molar-refractivity contribution in [1.29, 1.82) is 0 Å². The number of aromatic amines is 1. The van der Waals surface area contributed by atoms with Crippen molar-refractivity contribution in [2.45, 2.75) is 57.1 Å². The third kappa shape index (κ3) is 4.74. The van der Waals surface area contributed by atoms with Gasteiger partial charge in [0.25, 0.3) is 0 Å². The van der Waals surface area contributed by atoms with Crippen LogP contribution >= 0.6 is 11.8 Å². The second-order valence-electron chi connectivity index (χ2n) is 4.45. The average Bonchev–Trinajstić information content (AvgIpc) is 2.73. The van der Waals surface area contributed by atoms with Crippen molar-refractivity contribution < 1.29 is 9.90 Å². The van der Waals surface area contributed by atoms with Crippen LogP contribution in [0.25, 0.3) is 0 Å². The van der Waals surface area contributed by atoms with Crippen molar-refractivity contribution in [1.82, 2.24) is 14.8 Å². The lowest BCUT2D eigenvalue weighted by Crippen LogP contribution is -2.23. The molecular formula is C12H21N3O3S. The molecule has 0 saturated carbocycles. The van der Waals surface area contributed by atoms with Gasteiger partial charge in [-0.05, 0) is 12.8 Å². The predicted molar refractivity (Wildman–Crippen MR) is 74.7 cm³/mol. The number of carboxylic acids is 1. The number of aliphatic carboxylic acids is 1. The van der Waals surface area contributed by atoms with Crippen LogP contribution in [-0.4, -0.2) is 31.6 Å². The first-order valence-corrected chi connectivity index (χ1v) is 7.60. The van der Waals surface area contributed by atoms with Crippen molar-refractivity contribution in [2.24, 2.45) is 0 Å². The molecule has 0 bridgehead atoms. The normalized spacial score (nSPS) is 12.5. The first-order valence-electron chi connectivity index (χ1n) is 6.61. The lowest BCUT2D eigenvalue weighted by Gasteiger charge is -2.17. The van der Waals surface area contributed by atoms with Crippen LogP contribution in [-0.2, 0) is 4.79 Å². The van der Waals surface area contributed by atoms with Gasteiger partial charge in [-0.15, -0.1) is 5.10 Å². The zero-order valence-corrected chi connectivity index (χ0v) is 12.2. The molecule has 0 spiro atoms. The highest BCUT2D eigenvalue weighted by molar-refractivity contribution is 7.99. The van der Waals surface area contributed by atoms with E-state index in [2.05, 4.69) is 24.0 Å². The molecule has 0 aliphatic heterocycles. The molecule has 19 heavy (non-hydrogen) atoms. The number of carboxylic acid groups (broad SMARTS) is 1. The van der Waals surface area contributed by atoms with Crippen LogP contribution in [0.5, 0.6) is 0 Å². The van der Waals surface area contributed by atoms with Crippen LogP contribution in [0.4, 0.5) is 0 Å². The first-order chi connectivity index (χ1) is 9.10. The van der Waals surface area contributed by atoms with Crippen LogP contribution in [0.2, 0.25) is 0 Å². The minimum atomic E-state index is -0.910. The van der Waals surface area contributed by atoms with Gasteiger partial charge in [-0.25, -0.2) is 9.89 Å². The Morgan fingerprint density at radius 3 is 2.74 bits per heavy atom. The van der Waals surface area contributed by atoms with E-state index in [0.717, 1.165) is 43.9 Å². The van der Waals surface area contributed by atoms with E-state index >= 15 is 0 Å². The lowest BCUT2D eigenvalue weighted by molar-refractivity contribution is -0.133. The van der Waals surface area contributed by atoms with E-state index in [1.807, 2.05) is 0 Å². The Morgan fingerprint density at radius 1 is 1.42 bits per heavy atom. The number of thioether (sulfide) groups is 1. The minimum absolute atomic E-state index is 0.0864. The van der Waals surface area contributed by atoms with Crippen molar-refractivity contribution in [3.8, 4) is 0 Å². The highest BCUT2D eigenvalue weighted by atomic mass is 32.2. The SMILES string of the molecule is CCCCC(CCC)n1c(SCC(=O)O)n[nH]c1=O. The standard InChI is InChI=1S/C12H21N3O3S/c1-3-5-7-9(6-4-2)15-11(18)13-14-12(15)19-8-10(16)17/h9H,3-8H2,1-2H3,(H,13,18)(H,16,17). The quantitative estimate of drug-likeness (QED) is 0.680. The number of aromatic nitrogens is 3. The van der Waals surface area contributed by atoms with Gasteiger partial charge in [0.1, 0.15) is 0 Å². The third-order valence-corrected chi connectivity index (χ3v) is 3.81. The molecule has 7 heteroatoms. The van der Waals surface area contributed by atoms with Gasteiger partial charge in [-0.2, -0.15) is 0 Å². The lowest BCUT2D eigenvalue weighted by atomic mass is 10.1. The molecule has 0 aliphatic carbocycles. The highest BCUT2D eigenvalue weighted by Crippen LogP contribution is 2.24. The van der Waals surface area contributed by atoms with Crippen LogP contribution in [0.1, 0.15) is 52.0 Å². The molecule has 1 rings (SSSR count). The summed E-state index contributed by atoms with van der Waals surface area (Å²) in [6.07, 6.45) is 4.93. The van der Waals surface area contributed by atoms with Gasteiger partial charge < -0.3 is 5.11 Å². The fraction of sp³-hybridized carbons (Fsp3) is 0.750. The largest absolute Gasteiger partial charge is 0.481 e. The summed E-state index contributed by atoms with van der Waals surface area (Å²) >= 11 is 1.08. The maximum Gasteiger partial charge on any atom is 0.344 e. The summed E-state index contributed by atoms with van der Waals surface area (Å²) in [5.41, 5.74) is -0.248. The summed E-state index contributed by atoms with van der Waals surface area (Å²) in [6.45, 7) is 4.19. The van der Waals surface area contributed by atoms with E-state index in [4.69, 9.17) is 5.11 Å². The van der Waals surface area contributed by atoms with Gasteiger partial charge in [-0.1, -0.05) is 44.9 Å². The molecule has 1 atom stereocenters. The summed E-state index contributed by atoms with van der Waals surface area (Å²) in [7, 11) is 0. The molecule has 0 radical (unpaired) electrons. The number of hydrogen-bond donors (Lipinski definition) is 2. The van der Waals surface area contributed by atoms with E-state index in [1.54, 1.807) is 4.57 Å². The molecule has 0 saturated heterocycles. The van der Waals surface area contributed by atoms with Crippen molar-refractivity contribution >= 4 is 17.7 Å². The Labute approximate surface area is 116 Å². The molecule has 1 heterocycles. The molecule has 108 valence electrons. The molecule has 0 aliphatic rings. The summed E-state index contributed by atoms with van der Waals surface area (Å²) in [6, 6.07) is 0.104. The Bertz CT molecular complexity index is 455. The summed E-state index contributed by atoms with van der Waals surface area (Å²) in [4.78, 5) is 22.5. The van der Waals surface area contributed by atoms with Crippen LogP contribution in [0.15, 0.2) is 9.95 Å². The molecule has 1 aromatic rings. The van der Waals surface area contributed by atoms with Crippen LogP contribution in [0.3, 0.4) is 0 Å². The number of carbonyl (C=O) groups is 1. The van der Waals surface area contributed by atoms with Gasteiger partial charge in [0.05, 0.1) is 5.75 Å². The first kappa shape index (κ1) is 15.8. The van der Waals surface area contributed by atoms with Gasteiger partial charge in [0, 0.05) is 6.04 Å². The Kier molecular flexibility index (Phi) is 6.69. The second kappa shape index (κ2) is 8.04. The Hall–Kier alpha value is -1.24. The van der Waals surface area contributed by atoms with Gasteiger partial charge >= 0.3 is 11.7 Å². The third-order valence-electron chi connectivity index (χ3n) is 2.87. The minimum Gasteiger partial charge on any atom is -0.481 e. The molecule has 0 fully saturated rings. The van der Waals surface area contributed by atoms with E-state index in [1.165, 1.54) is 0 Å². The molecule has 0 amide bonds. The Balaban J connectivity index is 2.90. The molecule has 1 aromatic heterocycles. The van der Waals surface area contributed by atoms with Crippen molar-refractivity contribution in [3.05, 3.63) is 10.5 Å². The van der Waals surface area contributed by atoms with Gasteiger partial charge in [0.2, 0.25) is 0 Å². The second-order valence-corrected chi connectivity index (χ2v) is 5.39. The molecule has 2 N–H and O–H groups in total. The van der Waals surface area contributed by atoms with Gasteiger partial charge in [0.15, 0.2) is 5.16 Å². The van der Waals surface area contributed by atoms with E-state index in [0.29, 0.717) is 5.16 Å². The van der Waals surface area contributed by atoms with Crippen molar-refractivity contribution in [3.63, 3.8) is 0 Å². The number of unbranched alkanes of at least 4 members (excludes halogenated alkanes) is 1. The maximum absolute atomic E-state index is 11.8. The Morgan fingerprint density at radius 2 is 2.16 bits per heavy atom. The van der Waals surface area contributed by atoms with E-state index < -0.39 is 5.97 Å². The van der Waals surface area contributed by atoms with Crippen LogP contribution in [0, 0.1) is 0 Å². The predicted octanol–water partition coefficient (Wildman–Crippen LogP) is 2.28. The number of rotatable bonds is 9. The highest BCUT2D eigenvalue weighted by Gasteiger charge is 2.18. The van der Waals surface area contributed by atoms with E-state index in [-0.39, 0.29) is 17.5 Å². The van der Waals surface area contributed by atoms with Crippen molar-refractivity contribution in [2.75, 3.05) is 5.75 Å². The number of hydrogen-bond acceptors (Lipinski definition) is 4. The number of nitrogens with zero attached hydrogens (tertiary/aromatic N) is 2. The average molecular weight is 287 g/mol. The smallest absolute Gasteiger partial charge is 0.344 e. The zero-order valence-electron chi connectivity index (χ0n) is 11.4. The van der Waals surface area contributed by atoms with Crippen LogP contribution < -0.4 is 5.69 Å². The molecular weight excluding hydrogens is 266 g/mol.